The van der Waals surface area contributed by atoms with Crippen LogP contribution in [0.2, 0.25) is 0 Å². The van der Waals surface area contributed by atoms with Gasteiger partial charge in [-0.1, -0.05) is 6.42 Å². The van der Waals surface area contributed by atoms with Crippen molar-refractivity contribution in [3.8, 4) is 0 Å². The summed E-state index contributed by atoms with van der Waals surface area (Å²) in [6.45, 7) is 4.60. The lowest BCUT2D eigenvalue weighted by Crippen LogP contribution is -2.40. The van der Waals surface area contributed by atoms with Gasteiger partial charge in [-0.15, -0.1) is 11.3 Å². The van der Waals surface area contributed by atoms with E-state index in [1.165, 1.54) is 19.3 Å². The molecule has 5 nitrogen and oxygen atoms in total. The zero-order valence-electron chi connectivity index (χ0n) is 13.9. The molecule has 0 saturated carbocycles. The number of thiazole rings is 1. The molecule has 1 aliphatic heterocycles. The third-order valence-corrected chi connectivity index (χ3v) is 5.01. The van der Waals surface area contributed by atoms with Gasteiger partial charge in [0.15, 0.2) is 0 Å². The Balaban J connectivity index is 1.58. The summed E-state index contributed by atoms with van der Waals surface area (Å²) in [5.41, 5.74) is 0.825. The summed E-state index contributed by atoms with van der Waals surface area (Å²) in [6.07, 6.45) is 8.68. The predicted octanol–water partition coefficient (Wildman–Crippen LogP) is 3.40. The van der Waals surface area contributed by atoms with Crippen LogP contribution < -0.4 is 5.32 Å². The van der Waals surface area contributed by atoms with Crippen molar-refractivity contribution in [1.82, 2.24) is 15.2 Å². The second-order valence-electron chi connectivity index (χ2n) is 6.00. The first-order chi connectivity index (χ1) is 11.7. The maximum atomic E-state index is 12.1. The third-order valence-electron chi connectivity index (χ3n) is 4.21. The lowest BCUT2D eigenvalue weighted by atomic mass is 10.1. The minimum Gasteiger partial charge on any atom is -0.468 e. The zero-order valence-corrected chi connectivity index (χ0v) is 14.7. The molecule has 2 aromatic rings. The van der Waals surface area contributed by atoms with Crippen LogP contribution in [0.15, 0.2) is 34.3 Å². The van der Waals surface area contributed by atoms with Gasteiger partial charge in [-0.25, -0.2) is 4.98 Å². The molecule has 3 rings (SSSR count). The van der Waals surface area contributed by atoms with Gasteiger partial charge in [0.05, 0.1) is 23.0 Å². The molecule has 1 amide bonds. The van der Waals surface area contributed by atoms with E-state index in [9.17, 15) is 4.79 Å². The van der Waals surface area contributed by atoms with E-state index in [1.807, 2.05) is 24.4 Å². The maximum absolute atomic E-state index is 12.1. The topological polar surface area (TPSA) is 58.4 Å². The van der Waals surface area contributed by atoms with Crippen LogP contribution in [0.3, 0.4) is 0 Å². The Morgan fingerprint density at radius 2 is 2.29 bits per heavy atom. The highest BCUT2D eigenvalue weighted by Crippen LogP contribution is 2.24. The van der Waals surface area contributed by atoms with Crippen molar-refractivity contribution in [1.29, 1.82) is 0 Å². The van der Waals surface area contributed by atoms with Crippen LogP contribution in [-0.2, 0) is 4.79 Å². The number of amides is 1. The van der Waals surface area contributed by atoms with E-state index in [1.54, 1.807) is 29.8 Å². The van der Waals surface area contributed by atoms with Gasteiger partial charge in [0.2, 0.25) is 5.91 Å². The smallest absolute Gasteiger partial charge is 0.244 e. The quantitative estimate of drug-likeness (QED) is 0.815. The van der Waals surface area contributed by atoms with E-state index in [0.717, 1.165) is 29.6 Å². The molecular weight excluding hydrogens is 322 g/mol. The van der Waals surface area contributed by atoms with Crippen LogP contribution >= 0.6 is 11.3 Å². The van der Waals surface area contributed by atoms with Crippen LogP contribution in [0, 0.1) is 6.92 Å². The summed E-state index contributed by atoms with van der Waals surface area (Å²) in [6, 6.07) is 3.98. The van der Waals surface area contributed by atoms with Gasteiger partial charge in [-0.3, -0.25) is 9.69 Å². The number of likely N-dealkylation sites (tertiary alicyclic amines) is 1. The fraction of sp³-hybridized carbons (Fsp3) is 0.444. The average molecular weight is 345 g/mol. The molecule has 0 spiro atoms. The van der Waals surface area contributed by atoms with Crippen LogP contribution in [-0.4, -0.2) is 35.4 Å². The van der Waals surface area contributed by atoms with Gasteiger partial charge in [0.25, 0.3) is 0 Å². The molecule has 1 fully saturated rings. The Kier molecular flexibility index (Phi) is 5.82. The molecule has 1 saturated heterocycles. The van der Waals surface area contributed by atoms with Gasteiger partial charge in [-0.05, 0) is 51.1 Å². The second-order valence-corrected chi connectivity index (χ2v) is 7.06. The molecule has 2 aromatic heterocycles. The number of piperidine rings is 1. The summed E-state index contributed by atoms with van der Waals surface area (Å²) >= 11 is 1.58. The molecule has 1 atom stereocenters. The van der Waals surface area contributed by atoms with Gasteiger partial charge >= 0.3 is 0 Å². The highest BCUT2D eigenvalue weighted by atomic mass is 32.1. The summed E-state index contributed by atoms with van der Waals surface area (Å²) in [5, 5.41) is 5.93. The largest absolute Gasteiger partial charge is 0.468 e. The normalized spacial score (nSPS) is 17.2. The minimum atomic E-state index is -0.103. The first kappa shape index (κ1) is 16.9. The number of hydrogen-bond acceptors (Lipinski definition) is 5. The number of nitrogens with one attached hydrogen (secondary N) is 1. The van der Waals surface area contributed by atoms with E-state index >= 15 is 0 Å². The molecule has 0 aromatic carbocycles. The molecule has 6 heteroatoms. The van der Waals surface area contributed by atoms with Gasteiger partial charge in [0.1, 0.15) is 5.76 Å². The number of aryl methyl sites for hydroxylation is 1. The molecule has 24 heavy (non-hydrogen) atoms. The van der Waals surface area contributed by atoms with Gasteiger partial charge < -0.3 is 9.73 Å². The molecule has 0 aliphatic carbocycles. The van der Waals surface area contributed by atoms with E-state index in [-0.39, 0.29) is 11.9 Å². The maximum Gasteiger partial charge on any atom is 0.244 e. The van der Waals surface area contributed by atoms with Crippen molar-refractivity contribution >= 4 is 23.3 Å². The van der Waals surface area contributed by atoms with E-state index in [0.29, 0.717) is 6.54 Å². The SMILES string of the molecule is Cc1nc(/C=C/C(=O)NCC(c2ccco2)N2CCCCC2)cs1. The van der Waals surface area contributed by atoms with Gasteiger partial charge in [0, 0.05) is 18.0 Å². The Morgan fingerprint density at radius 3 is 2.96 bits per heavy atom. The molecule has 1 unspecified atom stereocenters. The van der Waals surface area contributed by atoms with Gasteiger partial charge in [-0.2, -0.15) is 0 Å². The van der Waals surface area contributed by atoms with Crippen LogP contribution in [0.1, 0.15) is 41.8 Å². The lowest BCUT2D eigenvalue weighted by molar-refractivity contribution is -0.116. The number of rotatable bonds is 6. The monoisotopic (exact) mass is 345 g/mol. The fourth-order valence-electron chi connectivity index (χ4n) is 2.99. The van der Waals surface area contributed by atoms with Crippen molar-refractivity contribution in [3.63, 3.8) is 0 Å². The van der Waals surface area contributed by atoms with Crippen molar-refractivity contribution in [2.45, 2.75) is 32.2 Å². The van der Waals surface area contributed by atoms with Crippen LogP contribution in [0.5, 0.6) is 0 Å². The summed E-state index contributed by atoms with van der Waals surface area (Å²) in [7, 11) is 0. The Labute approximate surface area is 146 Å². The van der Waals surface area contributed by atoms with Crippen molar-refractivity contribution < 1.29 is 9.21 Å². The highest BCUT2D eigenvalue weighted by molar-refractivity contribution is 7.09. The highest BCUT2D eigenvalue weighted by Gasteiger charge is 2.24. The molecule has 0 bridgehead atoms. The van der Waals surface area contributed by atoms with E-state index in [2.05, 4.69) is 15.2 Å². The van der Waals surface area contributed by atoms with Crippen molar-refractivity contribution in [2.75, 3.05) is 19.6 Å². The standard InChI is InChI=1S/C18H23N3O2S/c1-14-20-15(13-24-14)7-8-18(22)19-12-16(17-6-5-11-23-17)21-9-3-2-4-10-21/h5-8,11,13,16H,2-4,9-10,12H2,1H3,(H,19,22)/b8-7+. The Bertz CT molecular complexity index is 672. The first-order valence-corrected chi connectivity index (χ1v) is 9.26. The number of carbonyl (C=O) groups excluding carboxylic acids is 1. The van der Waals surface area contributed by atoms with E-state index < -0.39 is 0 Å². The predicted molar refractivity (Wildman–Crippen MR) is 95.8 cm³/mol. The minimum absolute atomic E-state index is 0.0965. The van der Waals surface area contributed by atoms with Crippen LogP contribution in [0.4, 0.5) is 0 Å². The number of furan rings is 1. The van der Waals surface area contributed by atoms with Crippen LogP contribution in [0.25, 0.3) is 6.08 Å². The summed E-state index contributed by atoms with van der Waals surface area (Å²) < 4.78 is 5.59. The lowest BCUT2D eigenvalue weighted by Gasteiger charge is -2.33. The fourth-order valence-corrected chi connectivity index (χ4v) is 3.58. The zero-order chi connectivity index (χ0) is 16.8. The summed E-state index contributed by atoms with van der Waals surface area (Å²) in [5.74, 6) is 0.811. The Morgan fingerprint density at radius 1 is 1.46 bits per heavy atom. The molecule has 0 radical (unpaired) electrons. The molecule has 1 N–H and O–H groups in total. The third kappa shape index (κ3) is 4.55. The molecule has 128 valence electrons. The number of carbonyl (C=O) groups is 1. The molecule has 1 aliphatic rings. The first-order valence-electron chi connectivity index (χ1n) is 8.38. The summed E-state index contributed by atoms with van der Waals surface area (Å²) in [4.78, 5) is 18.8. The molecular formula is C18H23N3O2S. The van der Waals surface area contributed by atoms with Crippen molar-refractivity contribution in [3.05, 3.63) is 46.3 Å². The Hall–Kier alpha value is -1.92. The average Bonchev–Trinajstić information content (AvgIpc) is 3.26. The molecule has 3 heterocycles. The second kappa shape index (κ2) is 8.26. The van der Waals surface area contributed by atoms with Crippen molar-refractivity contribution in [2.24, 2.45) is 0 Å². The van der Waals surface area contributed by atoms with E-state index in [4.69, 9.17) is 4.42 Å². The number of nitrogens with zero attached hydrogens (tertiary/aromatic N) is 2. The number of hydrogen-bond donors (Lipinski definition) is 1. The number of aromatic nitrogens is 1.